The zero-order valence-corrected chi connectivity index (χ0v) is 15.8. The predicted molar refractivity (Wildman–Crippen MR) is 90.0 cm³/mol. The Hall–Kier alpha value is -0.930. The number of aliphatic hydroxyl groups excluding tert-OH is 5. The predicted octanol–water partition coefficient (Wildman–Crippen LogP) is -3.65. The molecular formula is C16H29NO11. The highest BCUT2D eigenvalue weighted by Gasteiger charge is 2.52. The van der Waals surface area contributed by atoms with Crippen LogP contribution < -0.4 is 5.32 Å². The van der Waals surface area contributed by atoms with Gasteiger partial charge in [-0.3, -0.25) is 5.32 Å². The Labute approximate surface area is 161 Å². The average Bonchev–Trinajstić information content (AvgIpc) is 2.63. The Morgan fingerprint density at radius 3 is 2.29 bits per heavy atom. The molecule has 0 aromatic rings. The lowest BCUT2D eigenvalue weighted by Gasteiger charge is -2.47. The van der Waals surface area contributed by atoms with Crippen molar-refractivity contribution in [2.75, 3.05) is 13.7 Å². The number of methoxy groups -OCH3 is 1. The molecule has 0 aromatic heterocycles. The Morgan fingerprint density at radius 1 is 1.14 bits per heavy atom. The fourth-order valence-corrected chi connectivity index (χ4v) is 3.52. The largest absolute Gasteiger partial charge is 0.479 e. The molecule has 0 radical (unpaired) electrons. The van der Waals surface area contributed by atoms with Crippen LogP contribution in [0, 0.1) is 0 Å². The normalized spacial score (nSPS) is 45.6. The van der Waals surface area contributed by atoms with Gasteiger partial charge in [-0.2, -0.15) is 0 Å². The molecule has 2 saturated heterocycles. The maximum atomic E-state index is 11.4. The van der Waals surface area contributed by atoms with Gasteiger partial charge >= 0.3 is 5.97 Å². The van der Waals surface area contributed by atoms with E-state index in [-0.39, 0.29) is 0 Å². The third-order valence-corrected chi connectivity index (χ3v) is 4.93. The van der Waals surface area contributed by atoms with E-state index in [0.717, 1.165) is 0 Å². The van der Waals surface area contributed by atoms with Crippen molar-refractivity contribution in [3.05, 3.63) is 0 Å². The molecule has 2 fully saturated rings. The van der Waals surface area contributed by atoms with E-state index in [2.05, 4.69) is 5.32 Å². The van der Waals surface area contributed by atoms with Crippen molar-refractivity contribution in [1.82, 2.24) is 5.32 Å². The SMILES string of the molecule is CO[C@@H]1C(C(=O)O)O[C@@H](OC2C(NC(C)O)C(C)OC(CO)[C@H]2O)C(O)C1O. The number of rotatable bonds is 7. The highest BCUT2D eigenvalue weighted by Crippen LogP contribution is 2.30. The van der Waals surface area contributed by atoms with Gasteiger partial charge in [0.1, 0.15) is 42.9 Å². The smallest absolute Gasteiger partial charge is 0.335 e. The van der Waals surface area contributed by atoms with E-state index in [1.165, 1.54) is 14.0 Å². The van der Waals surface area contributed by atoms with Crippen LogP contribution in [0.25, 0.3) is 0 Å². The second-order valence-corrected chi connectivity index (χ2v) is 6.97. The molecule has 0 bridgehead atoms. The molecule has 0 saturated carbocycles. The van der Waals surface area contributed by atoms with E-state index < -0.39 is 80.0 Å². The Balaban J connectivity index is 2.25. The van der Waals surface area contributed by atoms with Crippen LogP contribution in [0.3, 0.4) is 0 Å². The standard InChI is InChI=1S/C16H29NO11/c1-5-8(17-6(2)19)12(9(20)7(4-18)26-5)27-16-11(22)10(21)13(25-3)14(28-16)15(23)24/h5-14,16-22H,4H2,1-3H3,(H,23,24)/t5?,6?,7?,8?,9-,10?,11?,12?,13+,14?,16-/m1/s1. The minimum Gasteiger partial charge on any atom is -0.479 e. The Morgan fingerprint density at radius 2 is 1.79 bits per heavy atom. The number of hydrogen-bond donors (Lipinski definition) is 7. The number of carboxylic acid groups (broad SMARTS) is 1. The molecule has 2 aliphatic rings. The molecule has 0 aromatic carbocycles. The third kappa shape index (κ3) is 4.79. The lowest BCUT2D eigenvalue weighted by molar-refractivity contribution is -0.328. The van der Waals surface area contributed by atoms with Crippen LogP contribution in [-0.4, -0.2) is 118 Å². The number of carboxylic acids is 1. The number of aliphatic hydroxyl groups is 5. The summed E-state index contributed by atoms with van der Waals surface area (Å²) in [6.07, 6.45) is -13.1. The highest BCUT2D eigenvalue weighted by atomic mass is 16.7. The summed E-state index contributed by atoms with van der Waals surface area (Å²) in [5, 5.41) is 62.2. The first-order chi connectivity index (χ1) is 13.1. The van der Waals surface area contributed by atoms with E-state index in [1.54, 1.807) is 6.92 Å². The van der Waals surface area contributed by atoms with Gasteiger partial charge in [0.2, 0.25) is 0 Å². The number of carbonyl (C=O) groups is 1. The van der Waals surface area contributed by atoms with Crippen molar-refractivity contribution in [2.24, 2.45) is 0 Å². The maximum Gasteiger partial charge on any atom is 0.335 e. The first kappa shape index (κ1) is 23.3. The molecule has 7 N–H and O–H groups in total. The van der Waals surface area contributed by atoms with E-state index in [9.17, 15) is 35.4 Å². The molecule has 2 aliphatic heterocycles. The van der Waals surface area contributed by atoms with E-state index in [1.807, 2.05) is 0 Å². The molecule has 12 nitrogen and oxygen atoms in total. The molecule has 11 atom stereocenters. The first-order valence-electron chi connectivity index (χ1n) is 8.93. The molecule has 28 heavy (non-hydrogen) atoms. The fourth-order valence-electron chi connectivity index (χ4n) is 3.52. The average molecular weight is 411 g/mol. The van der Waals surface area contributed by atoms with Gasteiger partial charge in [0.25, 0.3) is 0 Å². The summed E-state index contributed by atoms with van der Waals surface area (Å²) in [4.78, 5) is 11.4. The van der Waals surface area contributed by atoms with Crippen LogP contribution in [0.5, 0.6) is 0 Å². The zero-order chi connectivity index (χ0) is 21.2. The van der Waals surface area contributed by atoms with Crippen molar-refractivity contribution < 1.29 is 54.4 Å². The van der Waals surface area contributed by atoms with Gasteiger partial charge in [-0.25, -0.2) is 4.79 Å². The second kappa shape index (κ2) is 9.71. The lowest BCUT2D eigenvalue weighted by atomic mass is 9.92. The van der Waals surface area contributed by atoms with Crippen molar-refractivity contribution in [3.63, 3.8) is 0 Å². The molecule has 164 valence electrons. The van der Waals surface area contributed by atoms with Gasteiger partial charge in [-0.1, -0.05) is 0 Å². The van der Waals surface area contributed by atoms with Crippen molar-refractivity contribution in [3.8, 4) is 0 Å². The quantitative estimate of drug-likeness (QED) is 0.204. The van der Waals surface area contributed by atoms with Gasteiger partial charge < -0.3 is 49.6 Å². The van der Waals surface area contributed by atoms with Crippen LogP contribution in [0.15, 0.2) is 0 Å². The van der Waals surface area contributed by atoms with Crippen molar-refractivity contribution in [2.45, 2.75) is 81.2 Å². The molecule has 2 rings (SSSR count). The van der Waals surface area contributed by atoms with Crippen molar-refractivity contribution >= 4 is 5.97 Å². The van der Waals surface area contributed by atoms with Crippen LogP contribution in [-0.2, 0) is 23.7 Å². The molecule has 2 heterocycles. The summed E-state index contributed by atoms with van der Waals surface area (Å²) in [5.74, 6) is -1.43. The second-order valence-electron chi connectivity index (χ2n) is 6.97. The minimum absolute atomic E-state index is 0.521. The lowest BCUT2D eigenvalue weighted by Crippen LogP contribution is -2.67. The van der Waals surface area contributed by atoms with Crippen LogP contribution in [0.4, 0.5) is 0 Å². The van der Waals surface area contributed by atoms with Crippen LogP contribution in [0.2, 0.25) is 0 Å². The van der Waals surface area contributed by atoms with E-state index >= 15 is 0 Å². The van der Waals surface area contributed by atoms with Crippen LogP contribution in [0.1, 0.15) is 13.8 Å². The summed E-state index contributed by atoms with van der Waals surface area (Å²) in [5.41, 5.74) is 0. The summed E-state index contributed by atoms with van der Waals surface area (Å²) in [7, 11) is 1.17. The summed E-state index contributed by atoms with van der Waals surface area (Å²) >= 11 is 0. The minimum atomic E-state index is -1.68. The van der Waals surface area contributed by atoms with Gasteiger partial charge in [0.05, 0.1) is 18.8 Å². The molecule has 0 aliphatic carbocycles. The zero-order valence-electron chi connectivity index (χ0n) is 15.8. The van der Waals surface area contributed by atoms with Crippen LogP contribution >= 0.6 is 0 Å². The van der Waals surface area contributed by atoms with Gasteiger partial charge in [-0.05, 0) is 13.8 Å². The summed E-state index contributed by atoms with van der Waals surface area (Å²) < 4.78 is 21.3. The molecule has 0 amide bonds. The number of nitrogens with one attached hydrogen (secondary N) is 1. The first-order valence-corrected chi connectivity index (χ1v) is 8.93. The Bertz CT molecular complexity index is 521. The summed E-state index contributed by atoms with van der Waals surface area (Å²) in [6, 6.07) is -0.797. The van der Waals surface area contributed by atoms with Gasteiger partial charge in [0, 0.05) is 7.11 Å². The van der Waals surface area contributed by atoms with Crippen molar-refractivity contribution in [1.29, 1.82) is 0 Å². The van der Waals surface area contributed by atoms with Gasteiger partial charge in [0.15, 0.2) is 12.4 Å². The van der Waals surface area contributed by atoms with E-state index in [4.69, 9.17) is 18.9 Å². The number of aliphatic carboxylic acids is 1. The highest BCUT2D eigenvalue weighted by molar-refractivity contribution is 5.73. The van der Waals surface area contributed by atoms with E-state index in [0.29, 0.717) is 0 Å². The monoisotopic (exact) mass is 411 g/mol. The molecule has 12 heteroatoms. The maximum absolute atomic E-state index is 11.4. The number of ether oxygens (including phenoxy) is 4. The number of hydrogen-bond acceptors (Lipinski definition) is 11. The summed E-state index contributed by atoms with van der Waals surface area (Å²) in [6.45, 7) is 2.54. The fraction of sp³-hybridized carbons (Fsp3) is 0.938. The molecule has 8 unspecified atom stereocenters. The molecular weight excluding hydrogens is 382 g/mol. The molecule has 0 spiro atoms. The topological polar surface area (TPSA) is 187 Å². The van der Waals surface area contributed by atoms with Gasteiger partial charge in [-0.15, -0.1) is 0 Å². The third-order valence-electron chi connectivity index (χ3n) is 4.93. The Kier molecular flexibility index (Phi) is 8.10.